The number of nitrogens with zero attached hydrogens (tertiary/aromatic N) is 2. The van der Waals surface area contributed by atoms with E-state index in [0.29, 0.717) is 30.7 Å². The van der Waals surface area contributed by atoms with Crippen LogP contribution in [0.3, 0.4) is 0 Å². The lowest BCUT2D eigenvalue weighted by Gasteiger charge is -2.22. The Kier molecular flexibility index (Phi) is 3.81. The lowest BCUT2D eigenvalue weighted by Crippen LogP contribution is -2.28. The molecule has 0 aromatic carbocycles. The van der Waals surface area contributed by atoms with Crippen LogP contribution < -0.4 is 5.32 Å². The molecular weight excluding hydrogens is 242 g/mol. The predicted molar refractivity (Wildman–Crippen MR) is 65.2 cm³/mol. The number of aryl methyl sites for hydroxylation is 1. The molecule has 1 aromatic heterocycles. The van der Waals surface area contributed by atoms with Crippen LogP contribution in [0.1, 0.15) is 19.2 Å². The number of rotatable bonds is 4. The molecular formula is C11H16ClN3O2. The van der Waals surface area contributed by atoms with E-state index >= 15 is 0 Å². The molecule has 94 valence electrons. The van der Waals surface area contributed by atoms with Gasteiger partial charge in [0.25, 0.3) is 0 Å². The van der Waals surface area contributed by atoms with Crippen LogP contribution in [0.15, 0.2) is 6.07 Å². The molecule has 0 saturated carbocycles. The third kappa shape index (κ3) is 3.52. The van der Waals surface area contributed by atoms with Crippen molar-refractivity contribution in [2.75, 3.05) is 25.1 Å². The van der Waals surface area contributed by atoms with Crippen LogP contribution in [0, 0.1) is 6.92 Å². The summed E-state index contributed by atoms with van der Waals surface area (Å²) in [7, 11) is 0. The maximum atomic E-state index is 5.84. The van der Waals surface area contributed by atoms with Gasteiger partial charge in [0.1, 0.15) is 16.8 Å². The Morgan fingerprint density at radius 1 is 1.41 bits per heavy atom. The molecule has 0 radical (unpaired) electrons. The Morgan fingerprint density at radius 3 is 2.76 bits per heavy atom. The molecule has 6 heteroatoms. The number of halogens is 1. The van der Waals surface area contributed by atoms with E-state index in [0.717, 1.165) is 12.2 Å². The minimum absolute atomic E-state index is 0.444. The maximum Gasteiger partial charge on any atom is 0.167 e. The SMILES string of the molecule is Cc1nc(Cl)cc(NCCC2(C)OCCO2)n1. The molecule has 0 amide bonds. The largest absolute Gasteiger partial charge is 0.370 e. The molecule has 0 spiro atoms. The van der Waals surface area contributed by atoms with E-state index in [9.17, 15) is 0 Å². The van der Waals surface area contributed by atoms with Crippen molar-refractivity contribution in [1.29, 1.82) is 0 Å². The highest BCUT2D eigenvalue weighted by Gasteiger charge is 2.30. The Labute approximate surface area is 105 Å². The van der Waals surface area contributed by atoms with Crippen LogP contribution in [0.2, 0.25) is 5.15 Å². The second-order valence-electron chi connectivity index (χ2n) is 4.13. The zero-order chi connectivity index (χ0) is 12.3. The summed E-state index contributed by atoms with van der Waals surface area (Å²) in [6.45, 7) is 5.79. The molecule has 1 saturated heterocycles. The lowest BCUT2D eigenvalue weighted by molar-refractivity contribution is -0.144. The van der Waals surface area contributed by atoms with Gasteiger partial charge in [-0.25, -0.2) is 9.97 Å². The number of aromatic nitrogens is 2. The van der Waals surface area contributed by atoms with Crippen LogP contribution in [0.4, 0.5) is 5.82 Å². The average Bonchev–Trinajstić information content (AvgIpc) is 2.64. The van der Waals surface area contributed by atoms with Gasteiger partial charge in [-0.2, -0.15) is 0 Å². The molecule has 1 fully saturated rings. The maximum absolute atomic E-state index is 5.84. The Morgan fingerprint density at radius 2 is 2.12 bits per heavy atom. The predicted octanol–water partition coefficient (Wildman–Crippen LogP) is 2.00. The molecule has 1 aromatic rings. The topological polar surface area (TPSA) is 56.3 Å². The van der Waals surface area contributed by atoms with Gasteiger partial charge in [-0.1, -0.05) is 11.6 Å². The van der Waals surface area contributed by atoms with Crippen molar-refractivity contribution in [3.05, 3.63) is 17.0 Å². The first-order valence-electron chi connectivity index (χ1n) is 5.60. The second kappa shape index (κ2) is 5.16. The number of hydrogen-bond acceptors (Lipinski definition) is 5. The Hall–Kier alpha value is -0.910. The van der Waals surface area contributed by atoms with Gasteiger partial charge in [0.2, 0.25) is 0 Å². The van der Waals surface area contributed by atoms with Crippen molar-refractivity contribution in [1.82, 2.24) is 9.97 Å². The van der Waals surface area contributed by atoms with E-state index in [-0.39, 0.29) is 0 Å². The summed E-state index contributed by atoms with van der Waals surface area (Å²) in [5.41, 5.74) is 0. The van der Waals surface area contributed by atoms with E-state index in [4.69, 9.17) is 21.1 Å². The highest BCUT2D eigenvalue weighted by atomic mass is 35.5. The minimum Gasteiger partial charge on any atom is -0.370 e. The standard InChI is InChI=1S/C11H16ClN3O2/c1-8-14-9(12)7-10(15-8)13-4-3-11(2)16-5-6-17-11/h7H,3-6H2,1-2H3,(H,13,14,15). The second-order valence-corrected chi connectivity index (χ2v) is 4.52. The number of hydrogen-bond donors (Lipinski definition) is 1. The van der Waals surface area contributed by atoms with Crippen molar-refractivity contribution in [2.45, 2.75) is 26.1 Å². The number of nitrogens with one attached hydrogen (secondary N) is 1. The summed E-state index contributed by atoms with van der Waals surface area (Å²) in [6.07, 6.45) is 0.758. The van der Waals surface area contributed by atoms with Gasteiger partial charge in [0.05, 0.1) is 13.2 Å². The van der Waals surface area contributed by atoms with Gasteiger partial charge in [-0.05, 0) is 13.8 Å². The van der Waals surface area contributed by atoms with Gasteiger partial charge < -0.3 is 14.8 Å². The highest BCUT2D eigenvalue weighted by molar-refractivity contribution is 6.29. The monoisotopic (exact) mass is 257 g/mol. The summed E-state index contributed by atoms with van der Waals surface area (Å²) in [5, 5.41) is 3.63. The van der Waals surface area contributed by atoms with E-state index in [1.165, 1.54) is 0 Å². The molecule has 1 N–H and O–H groups in total. The fraction of sp³-hybridized carbons (Fsp3) is 0.636. The third-order valence-electron chi connectivity index (χ3n) is 2.59. The quantitative estimate of drug-likeness (QED) is 0.836. The zero-order valence-electron chi connectivity index (χ0n) is 9.99. The molecule has 0 unspecified atom stereocenters. The first-order valence-corrected chi connectivity index (χ1v) is 5.98. The number of anilines is 1. The zero-order valence-corrected chi connectivity index (χ0v) is 10.8. The molecule has 1 aliphatic rings. The van der Waals surface area contributed by atoms with Gasteiger partial charge in [0.15, 0.2) is 5.79 Å². The molecule has 0 atom stereocenters. The van der Waals surface area contributed by atoms with Crippen LogP contribution >= 0.6 is 11.6 Å². The van der Waals surface area contributed by atoms with Crippen LogP contribution in [-0.4, -0.2) is 35.5 Å². The fourth-order valence-corrected chi connectivity index (χ4v) is 1.97. The molecule has 2 rings (SSSR count). The minimum atomic E-state index is -0.473. The average molecular weight is 258 g/mol. The summed E-state index contributed by atoms with van der Waals surface area (Å²) in [6, 6.07) is 1.70. The highest BCUT2D eigenvalue weighted by Crippen LogP contribution is 2.22. The number of ether oxygens (including phenoxy) is 2. The van der Waals surface area contributed by atoms with E-state index in [2.05, 4.69) is 15.3 Å². The van der Waals surface area contributed by atoms with Gasteiger partial charge in [0, 0.05) is 19.0 Å². The van der Waals surface area contributed by atoms with Crippen molar-refractivity contribution >= 4 is 17.4 Å². The third-order valence-corrected chi connectivity index (χ3v) is 2.78. The molecule has 0 aliphatic carbocycles. The molecule has 0 bridgehead atoms. The van der Waals surface area contributed by atoms with Gasteiger partial charge in [-0.3, -0.25) is 0 Å². The fourth-order valence-electron chi connectivity index (χ4n) is 1.74. The van der Waals surface area contributed by atoms with Crippen LogP contribution in [0.5, 0.6) is 0 Å². The Balaban J connectivity index is 1.85. The molecule has 2 heterocycles. The Bertz CT molecular complexity index is 374. The van der Waals surface area contributed by atoms with Crippen molar-refractivity contribution < 1.29 is 9.47 Å². The van der Waals surface area contributed by atoms with Gasteiger partial charge in [-0.15, -0.1) is 0 Å². The summed E-state index contributed by atoms with van der Waals surface area (Å²) < 4.78 is 11.0. The summed E-state index contributed by atoms with van der Waals surface area (Å²) in [5.74, 6) is 0.905. The normalized spacial score (nSPS) is 18.3. The van der Waals surface area contributed by atoms with Crippen LogP contribution in [0.25, 0.3) is 0 Å². The smallest absolute Gasteiger partial charge is 0.167 e. The van der Waals surface area contributed by atoms with E-state index in [1.807, 2.05) is 13.8 Å². The molecule has 5 nitrogen and oxygen atoms in total. The first kappa shape index (κ1) is 12.5. The van der Waals surface area contributed by atoms with Crippen molar-refractivity contribution in [2.24, 2.45) is 0 Å². The first-order chi connectivity index (χ1) is 8.07. The summed E-state index contributed by atoms with van der Waals surface area (Å²) in [4.78, 5) is 8.23. The lowest BCUT2D eigenvalue weighted by atomic mass is 10.2. The van der Waals surface area contributed by atoms with E-state index in [1.54, 1.807) is 6.07 Å². The molecule has 1 aliphatic heterocycles. The summed E-state index contributed by atoms with van der Waals surface area (Å²) >= 11 is 5.84. The van der Waals surface area contributed by atoms with E-state index < -0.39 is 5.79 Å². The van der Waals surface area contributed by atoms with Gasteiger partial charge >= 0.3 is 0 Å². The van der Waals surface area contributed by atoms with Crippen molar-refractivity contribution in [3.63, 3.8) is 0 Å². The van der Waals surface area contributed by atoms with Crippen LogP contribution in [-0.2, 0) is 9.47 Å². The van der Waals surface area contributed by atoms with Crippen molar-refractivity contribution in [3.8, 4) is 0 Å². The molecule has 17 heavy (non-hydrogen) atoms.